The highest BCUT2D eigenvalue weighted by Crippen LogP contribution is 2.24. The first-order chi connectivity index (χ1) is 5.25. The quantitative estimate of drug-likeness (QED) is 0.664. The molecule has 1 aliphatic heterocycles. The molecule has 1 rings (SSSR count). The zero-order valence-corrected chi connectivity index (χ0v) is 7.86. The van der Waals surface area contributed by atoms with Crippen molar-refractivity contribution in [3.8, 4) is 0 Å². The third-order valence-corrected chi connectivity index (χ3v) is 2.29. The van der Waals surface area contributed by atoms with Gasteiger partial charge in [-0.2, -0.15) is 0 Å². The Hall–Kier alpha value is 0.100. The Balaban J connectivity index is 0.00000121. The van der Waals surface area contributed by atoms with Gasteiger partial charge in [0.2, 0.25) is 0 Å². The van der Waals surface area contributed by atoms with Crippen molar-refractivity contribution in [2.24, 2.45) is 0 Å². The number of hydrogen-bond donors (Lipinski definition) is 2. The number of nitrogens with one attached hydrogen (secondary N) is 1. The van der Waals surface area contributed by atoms with Crippen LogP contribution < -0.4 is 5.32 Å². The number of rotatable bonds is 2. The van der Waals surface area contributed by atoms with E-state index in [0.717, 1.165) is 0 Å². The van der Waals surface area contributed by atoms with Crippen LogP contribution in [0.4, 0.5) is 4.39 Å². The lowest BCUT2D eigenvalue weighted by Crippen LogP contribution is -2.55. The summed E-state index contributed by atoms with van der Waals surface area (Å²) in [6.45, 7) is 0.732. The zero-order chi connectivity index (χ0) is 8.32. The van der Waals surface area contributed by atoms with E-state index in [0.29, 0.717) is 13.0 Å². The van der Waals surface area contributed by atoms with Gasteiger partial charge in [0.15, 0.2) is 0 Å². The van der Waals surface area contributed by atoms with Crippen molar-refractivity contribution >= 4 is 12.4 Å². The van der Waals surface area contributed by atoms with E-state index in [1.54, 1.807) is 0 Å². The number of hydrogen-bond acceptors (Lipinski definition) is 3. The van der Waals surface area contributed by atoms with Crippen LogP contribution in [-0.2, 0) is 4.74 Å². The van der Waals surface area contributed by atoms with Crippen molar-refractivity contribution in [3.05, 3.63) is 0 Å². The Kier molecular flexibility index (Phi) is 5.01. The second kappa shape index (κ2) is 4.97. The zero-order valence-electron chi connectivity index (χ0n) is 7.05. The molecule has 0 bridgehead atoms. The second-order valence-corrected chi connectivity index (χ2v) is 2.85. The molecule has 1 fully saturated rings. The number of piperidine rings is 1. The van der Waals surface area contributed by atoms with Crippen molar-refractivity contribution in [2.45, 2.75) is 18.2 Å². The fourth-order valence-corrected chi connectivity index (χ4v) is 1.34. The van der Waals surface area contributed by atoms with Crippen molar-refractivity contribution in [1.82, 2.24) is 5.32 Å². The summed E-state index contributed by atoms with van der Waals surface area (Å²) in [6.07, 6.45) is -0.576. The molecule has 0 radical (unpaired) electrons. The first-order valence-electron chi connectivity index (χ1n) is 3.76. The van der Waals surface area contributed by atoms with Gasteiger partial charge in [-0.25, -0.2) is 4.39 Å². The number of halogens is 2. The molecular weight excluding hydrogens is 185 g/mol. The third-order valence-electron chi connectivity index (χ3n) is 2.29. The minimum atomic E-state index is -1.11. The molecule has 0 spiro atoms. The van der Waals surface area contributed by atoms with Gasteiger partial charge in [0.1, 0.15) is 11.8 Å². The van der Waals surface area contributed by atoms with Crippen LogP contribution in [0.3, 0.4) is 0 Å². The predicted octanol–water partition coefficient (Wildman–Crippen LogP) is 0.117. The molecule has 3 nitrogen and oxygen atoms in total. The molecule has 12 heavy (non-hydrogen) atoms. The molecule has 2 N–H and O–H groups in total. The van der Waals surface area contributed by atoms with Crippen molar-refractivity contribution in [3.63, 3.8) is 0 Å². The molecule has 2 atom stereocenters. The second-order valence-electron chi connectivity index (χ2n) is 2.85. The van der Waals surface area contributed by atoms with Crippen LogP contribution in [-0.4, -0.2) is 43.7 Å². The molecule has 74 valence electrons. The molecule has 1 aliphatic rings. The van der Waals surface area contributed by atoms with Gasteiger partial charge >= 0.3 is 0 Å². The van der Waals surface area contributed by atoms with Crippen LogP contribution in [0.2, 0.25) is 0 Å². The molecule has 0 unspecified atom stereocenters. The number of ether oxygens (including phenoxy) is 1. The van der Waals surface area contributed by atoms with E-state index < -0.39 is 11.8 Å². The minimum absolute atomic E-state index is 0. The number of aliphatic hydroxyl groups excluding tert-OH is 1. The summed E-state index contributed by atoms with van der Waals surface area (Å²) in [6, 6.07) is 0. The first-order valence-corrected chi connectivity index (χ1v) is 3.76. The van der Waals surface area contributed by atoms with Gasteiger partial charge in [-0.1, -0.05) is 0 Å². The summed E-state index contributed by atoms with van der Waals surface area (Å²) < 4.78 is 18.1. The van der Waals surface area contributed by atoms with Gasteiger partial charge < -0.3 is 15.2 Å². The van der Waals surface area contributed by atoms with Gasteiger partial charge in [-0.05, 0) is 13.0 Å². The molecule has 1 saturated heterocycles. The summed E-state index contributed by atoms with van der Waals surface area (Å²) >= 11 is 0. The molecule has 5 heteroatoms. The molecule has 0 aromatic rings. The van der Waals surface area contributed by atoms with E-state index in [1.165, 1.54) is 7.11 Å². The van der Waals surface area contributed by atoms with E-state index in [1.807, 2.05) is 0 Å². The maximum absolute atomic E-state index is 13.2. The topological polar surface area (TPSA) is 41.5 Å². The van der Waals surface area contributed by atoms with Gasteiger partial charge in [0, 0.05) is 13.7 Å². The summed E-state index contributed by atoms with van der Waals surface area (Å²) in [7, 11) is 1.44. The lowest BCUT2D eigenvalue weighted by atomic mass is 9.91. The van der Waals surface area contributed by atoms with E-state index in [9.17, 15) is 4.39 Å². The Morgan fingerprint density at radius 2 is 2.42 bits per heavy atom. The van der Waals surface area contributed by atoms with E-state index in [2.05, 4.69) is 5.32 Å². The Bertz CT molecular complexity index is 133. The molecule has 0 saturated carbocycles. The minimum Gasteiger partial charge on any atom is -0.393 e. The summed E-state index contributed by atoms with van der Waals surface area (Å²) in [4.78, 5) is 0. The maximum Gasteiger partial charge on any atom is 0.144 e. The normalized spacial score (nSPS) is 35.8. The fraction of sp³-hybridized carbons (Fsp3) is 1.00. The van der Waals surface area contributed by atoms with E-state index in [-0.39, 0.29) is 25.6 Å². The van der Waals surface area contributed by atoms with Crippen molar-refractivity contribution in [2.75, 3.05) is 26.8 Å². The standard InChI is InChI=1S/C7H14FNO2.ClH/c1-11-7(5-10)2-3-9-4-6(7)8;/h6,9-10H,2-5H2,1H3;1H/t6-,7+;/m1./s1. The van der Waals surface area contributed by atoms with Crippen LogP contribution in [0.25, 0.3) is 0 Å². The smallest absolute Gasteiger partial charge is 0.144 e. The lowest BCUT2D eigenvalue weighted by molar-refractivity contribution is -0.116. The lowest BCUT2D eigenvalue weighted by Gasteiger charge is -2.37. The van der Waals surface area contributed by atoms with Crippen molar-refractivity contribution in [1.29, 1.82) is 0 Å². The average molecular weight is 200 g/mol. The number of methoxy groups -OCH3 is 1. The molecule has 0 aromatic carbocycles. The highest BCUT2D eigenvalue weighted by molar-refractivity contribution is 5.85. The highest BCUT2D eigenvalue weighted by atomic mass is 35.5. The highest BCUT2D eigenvalue weighted by Gasteiger charge is 2.40. The van der Waals surface area contributed by atoms with Crippen LogP contribution in [0.5, 0.6) is 0 Å². The van der Waals surface area contributed by atoms with Gasteiger partial charge in [-0.15, -0.1) is 12.4 Å². The van der Waals surface area contributed by atoms with Crippen LogP contribution in [0, 0.1) is 0 Å². The Morgan fingerprint density at radius 1 is 1.75 bits per heavy atom. The molecule has 0 amide bonds. The molecule has 0 aromatic heterocycles. The molecule has 0 aliphatic carbocycles. The van der Waals surface area contributed by atoms with Gasteiger partial charge in [0.25, 0.3) is 0 Å². The third kappa shape index (κ3) is 2.07. The SMILES string of the molecule is CO[C@]1(CO)CCNC[C@H]1F.Cl. The first kappa shape index (κ1) is 12.1. The van der Waals surface area contributed by atoms with Gasteiger partial charge in [0.05, 0.1) is 6.61 Å². The Labute approximate surface area is 77.7 Å². The van der Waals surface area contributed by atoms with E-state index in [4.69, 9.17) is 9.84 Å². The average Bonchev–Trinajstić information content (AvgIpc) is 2.06. The summed E-state index contributed by atoms with van der Waals surface area (Å²) in [5.74, 6) is 0. The van der Waals surface area contributed by atoms with Crippen LogP contribution in [0.1, 0.15) is 6.42 Å². The maximum atomic E-state index is 13.2. The van der Waals surface area contributed by atoms with Crippen LogP contribution in [0.15, 0.2) is 0 Å². The molecular formula is C7H15ClFNO2. The van der Waals surface area contributed by atoms with E-state index >= 15 is 0 Å². The Morgan fingerprint density at radius 3 is 2.75 bits per heavy atom. The predicted molar refractivity (Wildman–Crippen MR) is 46.5 cm³/mol. The summed E-state index contributed by atoms with van der Waals surface area (Å²) in [5.41, 5.74) is -0.953. The fourth-order valence-electron chi connectivity index (χ4n) is 1.34. The van der Waals surface area contributed by atoms with Crippen molar-refractivity contribution < 1.29 is 14.2 Å². The van der Waals surface area contributed by atoms with Gasteiger partial charge in [-0.3, -0.25) is 0 Å². The monoisotopic (exact) mass is 199 g/mol. The number of alkyl halides is 1. The molecule has 1 heterocycles. The summed E-state index contributed by atoms with van der Waals surface area (Å²) in [5, 5.41) is 11.8. The number of aliphatic hydroxyl groups is 1. The van der Waals surface area contributed by atoms with Crippen LogP contribution >= 0.6 is 12.4 Å². The largest absolute Gasteiger partial charge is 0.393 e.